The first-order chi connectivity index (χ1) is 10.3. The highest BCUT2D eigenvalue weighted by Gasteiger charge is 2.09. The number of rotatable bonds is 6. The summed E-state index contributed by atoms with van der Waals surface area (Å²) in [6.07, 6.45) is 4.13. The topological polar surface area (TPSA) is 109 Å². The molecule has 0 atom stereocenters. The molecule has 0 aromatic carbocycles. The molecule has 3 aromatic heterocycles. The average Bonchev–Trinajstić information content (AvgIpc) is 3.08. The van der Waals surface area contributed by atoms with Crippen LogP contribution in [0.1, 0.15) is 12.7 Å². The molecular formula is C12H17N9. The SMILES string of the molecule is CCNc1nc(NCCc2ncn(C)n2)c2cn[nH]c2n1. The van der Waals surface area contributed by atoms with Crippen LogP contribution in [0.5, 0.6) is 0 Å². The third-order valence-corrected chi connectivity index (χ3v) is 2.93. The molecule has 0 amide bonds. The summed E-state index contributed by atoms with van der Waals surface area (Å²) in [7, 11) is 1.85. The van der Waals surface area contributed by atoms with Crippen molar-refractivity contribution in [3.05, 3.63) is 18.3 Å². The van der Waals surface area contributed by atoms with Crippen LogP contribution in [0, 0.1) is 0 Å². The van der Waals surface area contributed by atoms with Gasteiger partial charge in [0.1, 0.15) is 12.1 Å². The van der Waals surface area contributed by atoms with Gasteiger partial charge < -0.3 is 10.6 Å². The minimum atomic E-state index is 0.577. The third-order valence-electron chi connectivity index (χ3n) is 2.93. The van der Waals surface area contributed by atoms with Gasteiger partial charge in [-0.2, -0.15) is 20.2 Å². The molecule has 0 bridgehead atoms. The van der Waals surface area contributed by atoms with Gasteiger partial charge >= 0.3 is 0 Å². The molecule has 0 fully saturated rings. The van der Waals surface area contributed by atoms with Gasteiger partial charge in [0.25, 0.3) is 0 Å². The van der Waals surface area contributed by atoms with E-state index in [1.165, 1.54) is 0 Å². The molecule has 3 N–H and O–H groups in total. The lowest BCUT2D eigenvalue weighted by Crippen LogP contribution is -2.10. The number of H-pyrrole nitrogens is 1. The number of aromatic amines is 1. The zero-order valence-corrected chi connectivity index (χ0v) is 12.0. The molecule has 0 radical (unpaired) electrons. The van der Waals surface area contributed by atoms with E-state index in [-0.39, 0.29) is 0 Å². The van der Waals surface area contributed by atoms with E-state index >= 15 is 0 Å². The van der Waals surface area contributed by atoms with Gasteiger partial charge in [0, 0.05) is 26.6 Å². The number of nitrogens with one attached hydrogen (secondary N) is 3. The third kappa shape index (κ3) is 2.91. The van der Waals surface area contributed by atoms with E-state index in [4.69, 9.17) is 0 Å². The van der Waals surface area contributed by atoms with Crippen LogP contribution >= 0.6 is 0 Å². The Balaban J connectivity index is 1.74. The Kier molecular flexibility index (Phi) is 3.63. The minimum absolute atomic E-state index is 0.577. The van der Waals surface area contributed by atoms with Gasteiger partial charge in [0.2, 0.25) is 5.95 Å². The van der Waals surface area contributed by atoms with E-state index in [2.05, 4.69) is 40.9 Å². The van der Waals surface area contributed by atoms with E-state index in [1.54, 1.807) is 17.2 Å². The second kappa shape index (κ2) is 5.73. The van der Waals surface area contributed by atoms with E-state index in [0.717, 1.165) is 30.0 Å². The molecule has 3 rings (SSSR count). The van der Waals surface area contributed by atoms with Crippen molar-refractivity contribution < 1.29 is 0 Å². The van der Waals surface area contributed by atoms with Crippen LogP contribution in [0.25, 0.3) is 11.0 Å². The molecule has 9 heteroatoms. The van der Waals surface area contributed by atoms with Crippen molar-refractivity contribution in [2.24, 2.45) is 7.05 Å². The fourth-order valence-corrected chi connectivity index (χ4v) is 2.00. The van der Waals surface area contributed by atoms with Crippen LogP contribution in [-0.2, 0) is 13.5 Å². The molecule has 110 valence electrons. The smallest absolute Gasteiger partial charge is 0.226 e. The fraction of sp³-hybridized carbons (Fsp3) is 0.417. The highest BCUT2D eigenvalue weighted by atomic mass is 15.3. The molecule has 0 aliphatic rings. The first-order valence-corrected chi connectivity index (χ1v) is 6.79. The number of hydrogen-bond acceptors (Lipinski definition) is 7. The monoisotopic (exact) mass is 287 g/mol. The van der Waals surface area contributed by atoms with Gasteiger partial charge in [-0.15, -0.1) is 0 Å². The normalized spacial score (nSPS) is 11.0. The van der Waals surface area contributed by atoms with Crippen molar-refractivity contribution in [3.8, 4) is 0 Å². The second-order valence-corrected chi connectivity index (χ2v) is 4.57. The van der Waals surface area contributed by atoms with Crippen LogP contribution < -0.4 is 10.6 Å². The number of anilines is 2. The quantitative estimate of drug-likeness (QED) is 0.608. The Labute approximate surface area is 121 Å². The van der Waals surface area contributed by atoms with E-state index < -0.39 is 0 Å². The first-order valence-electron chi connectivity index (χ1n) is 6.79. The second-order valence-electron chi connectivity index (χ2n) is 4.57. The molecule has 0 aliphatic carbocycles. The van der Waals surface area contributed by atoms with E-state index in [9.17, 15) is 0 Å². The number of hydrogen-bond donors (Lipinski definition) is 3. The molecule has 0 aliphatic heterocycles. The number of fused-ring (bicyclic) bond motifs is 1. The largest absolute Gasteiger partial charge is 0.369 e. The summed E-state index contributed by atoms with van der Waals surface area (Å²) >= 11 is 0. The van der Waals surface area contributed by atoms with Crippen molar-refractivity contribution in [2.45, 2.75) is 13.3 Å². The summed E-state index contributed by atoms with van der Waals surface area (Å²) in [4.78, 5) is 13.0. The predicted octanol–water partition coefficient (Wildman–Crippen LogP) is 0.568. The van der Waals surface area contributed by atoms with Crippen molar-refractivity contribution in [1.29, 1.82) is 0 Å². The molecule has 21 heavy (non-hydrogen) atoms. The summed E-state index contributed by atoms with van der Waals surface area (Å²) in [6.45, 7) is 3.45. The first kappa shape index (κ1) is 13.3. The van der Waals surface area contributed by atoms with Crippen molar-refractivity contribution >= 4 is 22.8 Å². The fourth-order valence-electron chi connectivity index (χ4n) is 2.00. The van der Waals surface area contributed by atoms with Gasteiger partial charge in [-0.25, -0.2) is 4.98 Å². The Morgan fingerprint density at radius 3 is 2.95 bits per heavy atom. The van der Waals surface area contributed by atoms with Crippen LogP contribution in [0.2, 0.25) is 0 Å². The lowest BCUT2D eigenvalue weighted by Gasteiger charge is -2.08. The highest BCUT2D eigenvalue weighted by molar-refractivity contribution is 5.86. The Hall–Kier alpha value is -2.71. The van der Waals surface area contributed by atoms with E-state index in [1.807, 2.05) is 14.0 Å². The van der Waals surface area contributed by atoms with Gasteiger partial charge in [-0.3, -0.25) is 9.78 Å². The van der Waals surface area contributed by atoms with Gasteiger partial charge in [0.05, 0.1) is 11.6 Å². The summed E-state index contributed by atoms with van der Waals surface area (Å²) in [5.41, 5.74) is 0.708. The van der Waals surface area contributed by atoms with Gasteiger partial charge in [0.15, 0.2) is 11.5 Å². The highest BCUT2D eigenvalue weighted by Crippen LogP contribution is 2.19. The van der Waals surface area contributed by atoms with Crippen molar-refractivity contribution in [3.63, 3.8) is 0 Å². The standard InChI is InChI=1S/C12H17N9/c1-3-13-12-17-10(8-6-16-19-11(8)18-12)14-5-4-9-15-7-21(2)20-9/h6-7H,3-5H2,1-2H3,(H3,13,14,16,17,18,19). The molecular weight excluding hydrogens is 270 g/mol. The maximum absolute atomic E-state index is 4.46. The van der Waals surface area contributed by atoms with E-state index in [0.29, 0.717) is 18.1 Å². The summed E-state index contributed by atoms with van der Waals surface area (Å²) in [6, 6.07) is 0. The summed E-state index contributed by atoms with van der Waals surface area (Å²) in [5.74, 6) is 2.13. The van der Waals surface area contributed by atoms with Crippen LogP contribution in [0.15, 0.2) is 12.5 Å². The zero-order chi connectivity index (χ0) is 14.7. The molecule has 9 nitrogen and oxygen atoms in total. The molecule has 0 spiro atoms. The van der Waals surface area contributed by atoms with Gasteiger partial charge in [-0.05, 0) is 6.92 Å². The van der Waals surface area contributed by atoms with Crippen LogP contribution in [0.3, 0.4) is 0 Å². The molecule has 3 aromatic rings. The maximum Gasteiger partial charge on any atom is 0.226 e. The van der Waals surface area contributed by atoms with Crippen molar-refractivity contribution in [1.82, 2.24) is 34.9 Å². The Morgan fingerprint density at radius 2 is 2.19 bits per heavy atom. The van der Waals surface area contributed by atoms with Gasteiger partial charge in [-0.1, -0.05) is 0 Å². The Morgan fingerprint density at radius 1 is 1.29 bits per heavy atom. The maximum atomic E-state index is 4.46. The molecule has 0 saturated carbocycles. The summed E-state index contributed by atoms with van der Waals surface area (Å²) in [5, 5.41) is 18.4. The molecule has 3 heterocycles. The Bertz CT molecular complexity index is 729. The minimum Gasteiger partial charge on any atom is -0.369 e. The number of aromatic nitrogens is 7. The number of nitrogens with zero attached hydrogens (tertiary/aromatic N) is 6. The average molecular weight is 287 g/mol. The lowest BCUT2D eigenvalue weighted by atomic mass is 10.3. The lowest BCUT2D eigenvalue weighted by molar-refractivity contribution is 0.742. The van der Waals surface area contributed by atoms with Crippen LogP contribution in [-0.4, -0.2) is 48.0 Å². The van der Waals surface area contributed by atoms with Crippen molar-refractivity contribution in [2.75, 3.05) is 23.7 Å². The molecule has 0 saturated heterocycles. The van der Waals surface area contributed by atoms with Crippen LogP contribution in [0.4, 0.5) is 11.8 Å². The number of aryl methyl sites for hydroxylation is 1. The zero-order valence-electron chi connectivity index (χ0n) is 12.0. The summed E-state index contributed by atoms with van der Waals surface area (Å²) < 4.78 is 1.69. The molecule has 0 unspecified atom stereocenters. The predicted molar refractivity (Wildman–Crippen MR) is 79.0 cm³/mol.